The molecule has 0 saturated carbocycles. The first-order chi connectivity index (χ1) is 13.8. The Hall–Kier alpha value is -2.36. The number of rotatable bonds is 6. The van der Waals surface area contributed by atoms with Gasteiger partial charge in [-0.05, 0) is 30.3 Å². The fraction of sp³-hybridized carbons (Fsp3) is 0.400. The molecule has 0 spiro atoms. The van der Waals surface area contributed by atoms with Crippen LogP contribution in [0.1, 0.15) is 12.5 Å². The van der Waals surface area contributed by atoms with Gasteiger partial charge >= 0.3 is 6.18 Å². The van der Waals surface area contributed by atoms with E-state index in [0.29, 0.717) is 37.0 Å². The molecule has 164 valence electrons. The summed E-state index contributed by atoms with van der Waals surface area (Å²) < 4.78 is 44.9. The third-order valence-corrected chi connectivity index (χ3v) is 4.72. The Morgan fingerprint density at radius 2 is 1.97 bits per heavy atom. The molecule has 1 fully saturated rings. The van der Waals surface area contributed by atoms with Crippen molar-refractivity contribution in [2.75, 3.05) is 49.6 Å². The fourth-order valence-electron chi connectivity index (χ4n) is 3.23. The number of benzene rings is 1. The molecule has 0 unspecified atom stereocenters. The third kappa shape index (κ3) is 6.58. The SMILES string of the molecule is CC(=O)Nc1ccc(N(CC[NH+]2CCOCC2)c2cccc(C(F)(F)F)c2)nc1.[Cl-]. The van der Waals surface area contributed by atoms with Crippen molar-refractivity contribution in [1.29, 1.82) is 0 Å². The van der Waals surface area contributed by atoms with Gasteiger partial charge < -0.3 is 32.3 Å². The predicted molar refractivity (Wildman–Crippen MR) is 103 cm³/mol. The summed E-state index contributed by atoms with van der Waals surface area (Å²) in [7, 11) is 0. The Bertz CT molecular complexity index is 828. The number of hydrogen-bond donors (Lipinski definition) is 2. The minimum Gasteiger partial charge on any atom is -1.00 e. The minimum absolute atomic E-state index is 0. The molecule has 1 aliphatic rings. The largest absolute Gasteiger partial charge is 1.00 e. The second kappa shape index (κ2) is 10.6. The van der Waals surface area contributed by atoms with E-state index in [0.717, 1.165) is 31.8 Å². The highest BCUT2D eigenvalue weighted by Gasteiger charge is 2.31. The summed E-state index contributed by atoms with van der Waals surface area (Å²) in [5.41, 5.74) is 0.255. The van der Waals surface area contributed by atoms with Crippen LogP contribution in [0.2, 0.25) is 0 Å². The molecule has 0 atom stereocenters. The first-order valence-electron chi connectivity index (χ1n) is 9.43. The van der Waals surface area contributed by atoms with Crippen LogP contribution in [0.4, 0.5) is 30.4 Å². The van der Waals surface area contributed by atoms with Crippen LogP contribution >= 0.6 is 0 Å². The number of nitrogens with one attached hydrogen (secondary N) is 2. The quantitative estimate of drug-likeness (QED) is 0.607. The highest BCUT2D eigenvalue weighted by molar-refractivity contribution is 5.88. The number of carbonyl (C=O) groups excluding carboxylic acids is 1. The van der Waals surface area contributed by atoms with Gasteiger partial charge in [-0.15, -0.1) is 0 Å². The molecule has 2 aromatic rings. The highest BCUT2D eigenvalue weighted by Crippen LogP contribution is 2.33. The number of ether oxygens (including phenoxy) is 1. The van der Waals surface area contributed by atoms with E-state index in [1.165, 1.54) is 24.1 Å². The average molecular weight is 445 g/mol. The highest BCUT2D eigenvalue weighted by atomic mass is 35.5. The third-order valence-electron chi connectivity index (χ3n) is 4.72. The monoisotopic (exact) mass is 444 g/mol. The van der Waals surface area contributed by atoms with E-state index in [2.05, 4.69) is 10.3 Å². The Morgan fingerprint density at radius 1 is 1.23 bits per heavy atom. The van der Waals surface area contributed by atoms with Crippen LogP contribution in [-0.2, 0) is 15.7 Å². The second-order valence-electron chi connectivity index (χ2n) is 6.90. The molecule has 0 aliphatic carbocycles. The predicted octanol–water partition coefficient (Wildman–Crippen LogP) is -0.884. The van der Waals surface area contributed by atoms with Crippen LogP contribution in [0.15, 0.2) is 42.6 Å². The van der Waals surface area contributed by atoms with Crippen molar-refractivity contribution in [3.63, 3.8) is 0 Å². The van der Waals surface area contributed by atoms with Gasteiger partial charge in [0.15, 0.2) is 0 Å². The molecule has 6 nitrogen and oxygen atoms in total. The van der Waals surface area contributed by atoms with Crippen LogP contribution in [0.3, 0.4) is 0 Å². The van der Waals surface area contributed by atoms with Gasteiger partial charge in [0.25, 0.3) is 0 Å². The molecular formula is C20H24ClF3N4O2. The molecule has 1 aromatic heterocycles. The van der Waals surface area contributed by atoms with Gasteiger partial charge in [0.05, 0.1) is 43.8 Å². The van der Waals surface area contributed by atoms with Crippen molar-refractivity contribution >= 4 is 23.1 Å². The van der Waals surface area contributed by atoms with Crippen LogP contribution < -0.4 is 27.5 Å². The van der Waals surface area contributed by atoms with Gasteiger partial charge in [-0.3, -0.25) is 4.79 Å². The number of nitrogens with zero attached hydrogens (tertiary/aromatic N) is 2. The van der Waals surface area contributed by atoms with Crippen molar-refractivity contribution < 1.29 is 40.0 Å². The topological polar surface area (TPSA) is 58.9 Å². The number of pyridine rings is 1. The van der Waals surface area contributed by atoms with E-state index in [1.54, 1.807) is 23.1 Å². The molecule has 1 aliphatic heterocycles. The lowest BCUT2D eigenvalue weighted by atomic mass is 10.1. The summed E-state index contributed by atoms with van der Waals surface area (Å²) >= 11 is 0. The smallest absolute Gasteiger partial charge is 0.416 e. The number of anilines is 3. The number of carbonyl (C=O) groups is 1. The molecule has 30 heavy (non-hydrogen) atoms. The number of aromatic nitrogens is 1. The van der Waals surface area contributed by atoms with Gasteiger partial charge in [-0.1, -0.05) is 6.07 Å². The van der Waals surface area contributed by atoms with E-state index >= 15 is 0 Å². The first kappa shape index (κ1) is 23.9. The zero-order chi connectivity index (χ0) is 20.9. The lowest BCUT2D eigenvalue weighted by molar-refractivity contribution is -0.906. The van der Waals surface area contributed by atoms with Crippen molar-refractivity contribution in [2.24, 2.45) is 0 Å². The minimum atomic E-state index is -4.42. The van der Waals surface area contributed by atoms with Gasteiger partial charge in [-0.25, -0.2) is 4.98 Å². The summed E-state index contributed by atoms with van der Waals surface area (Å²) in [5.74, 6) is 0.302. The van der Waals surface area contributed by atoms with Crippen molar-refractivity contribution in [1.82, 2.24) is 4.98 Å². The van der Waals surface area contributed by atoms with Crippen molar-refractivity contribution in [3.8, 4) is 0 Å². The molecule has 1 aromatic carbocycles. The second-order valence-corrected chi connectivity index (χ2v) is 6.90. The Kier molecular flexibility index (Phi) is 8.45. The number of morpholine rings is 1. The maximum absolute atomic E-state index is 13.2. The molecule has 1 saturated heterocycles. The van der Waals surface area contributed by atoms with Gasteiger partial charge in [0.2, 0.25) is 5.91 Å². The number of quaternary nitrogens is 1. The lowest BCUT2D eigenvalue weighted by Crippen LogP contribution is -3.14. The summed E-state index contributed by atoms with van der Waals surface area (Å²) in [6, 6.07) is 8.62. The number of halogens is 4. The number of alkyl halides is 3. The van der Waals surface area contributed by atoms with E-state index in [4.69, 9.17) is 4.74 Å². The summed E-state index contributed by atoms with van der Waals surface area (Å²) in [6.07, 6.45) is -2.92. The van der Waals surface area contributed by atoms with Crippen LogP contribution in [0.5, 0.6) is 0 Å². The van der Waals surface area contributed by atoms with E-state index in [9.17, 15) is 18.0 Å². The van der Waals surface area contributed by atoms with Crippen LogP contribution in [0, 0.1) is 0 Å². The van der Waals surface area contributed by atoms with E-state index < -0.39 is 11.7 Å². The summed E-state index contributed by atoms with van der Waals surface area (Å²) in [5, 5.41) is 2.64. The Labute approximate surface area is 179 Å². The Balaban J connectivity index is 0.00000320. The Morgan fingerprint density at radius 3 is 2.57 bits per heavy atom. The molecule has 0 radical (unpaired) electrons. The van der Waals surface area contributed by atoms with Gasteiger partial charge in [0, 0.05) is 12.6 Å². The zero-order valence-electron chi connectivity index (χ0n) is 16.5. The van der Waals surface area contributed by atoms with Crippen LogP contribution in [-0.4, -0.2) is 50.3 Å². The van der Waals surface area contributed by atoms with Gasteiger partial charge in [-0.2, -0.15) is 13.2 Å². The molecule has 0 bridgehead atoms. The number of amides is 1. The molecule has 2 heterocycles. The normalized spacial score (nSPS) is 14.7. The summed E-state index contributed by atoms with van der Waals surface area (Å²) in [4.78, 5) is 18.7. The van der Waals surface area contributed by atoms with Crippen molar-refractivity contribution in [3.05, 3.63) is 48.2 Å². The van der Waals surface area contributed by atoms with Crippen LogP contribution in [0.25, 0.3) is 0 Å². The molecule has 2 N–H and O–H groups in total. The molecule has 10 heteroatoms. The average Bonchev–Trinajstić information content (AvgIpc) is 2.69. The molecular weight excluding hydrogens is 421 g/mol. The lowest BCUT2D eigenvalue weighted by Gasteiger charge is -2.29. The van der Waals surface area contributed by atoms with Gasteiger partial charge in [0.1, 0.15) is 18.9 Å². The maximum atomic E-state index is 13.2. The zero-order valence-corrected chi connectivity index (χ0v) is 17.3. The van der Waals surface area contributed by atoms with E-state index in [-0.39, 0.29) is 18.3 Å². The molecule has 1 amide bonds. The standard InChI is InChI=1S/C20H23F3N4O2.ClH/c1-15(28)25-17-5-6-19(24-14-17)27(8-7-26-9-11-29-12-10-26)18-4-2-3-16(13-18)20(21,22)23;/h2-6,13-14H,7-12H2,1H3,(H,25,28);1H. The first-order valence-corrected chi connectivity index (χ1v) is 9.43. The number of hydrogen-bond acceptors (Lipinski definition) is 4. The fourth-order valence-corrected chi connectivity index (χ4v) is 3.23. The van der Waals surface area contributed by atoms with Crippen molar-refractivity contribution in [2.45, 2.75) is 13.1 Å². The summed E-state index contributed by atoms with van der Waals surface area (Å²) in [6.45, 7) is 5.74. The van der Waals surface area contributed by atoms with E-state index in [1.807, 2.05) is 0 Å². The molecule has 3 rings (SSSR count). The maximum Gasteiger partial charge on any atom is 0.416 e.